The molecule has 0 saturated carbocycles. The van der Waals surface area contributed by atoms with Crippen molar-refractivity contribution in [1.82, 2.24) is 4.90 Å². The van der Waals surface area contributed by atoms with Crippen LogP contribution in [0.2, 0.25) is 0 Å². The van der Waals surface area contributed by atoms with Crippen molar-refractivity contribution in [2.75, 3.05) is 13.1 Å². The molecule has 12 heavy (non-hydrogen) atoms. The van der Waals surface area contributed by atoms with Crippen molar-refractivity contribution in [2.45, 2.75) is 13.3 Å². The minimum absolute atomic E-state index is 0.0204. The number of rotatable bonds is 5. The first-order valence-corrected chi connectivity index (χ1v) is 3.75. The molecular weight excluding hydrogens is 158 g/mol. The Hall–Kier alpha value is -1.32. The summed E-state index contributed by atoms with van der Waals surface area (Å²) in [5, 5.41) is 8.35. The van der Waals surface area contributed by atoms with Gasteiger partial charge in [0, 0.05) is 13.1 Å². The summed E-state index contributed by atoms with van der Waals surface area (Å²) in [5.41, 5.74) is 0. The number of hydrogen-bond donors (Lipinski definition) is 1. The van der Waals surface area contributed by atoms with E-state index in [-0.39, 0.29) is 18.9 Å². The van der Waals surface area contributed by atoms with Crippen molar-refractivity contribution < 1.29 is 14.7 Å². The topological polar surface area (TPSA) is 57.6 Å². The van der Waals surface area contributed by atoms with Crippen molar-refractivity contribution in [1.29, 1.82) is 0 Å². The van der Waals surface area contributed by atoms with Crippen LogP contribution in [-0.4, -0.2) is 35.0 Å². The average molecular weight is 171 g/mol. The fraction of sp³-hybridized carbons (Fsp3) is 0.500. The summed E-state index contributed by atoms with van der Waals surface area (Å²) >= 11 is 0. The Morgan fingerprint density at radius 1 is 1.58 bits per heavy atom. The average Bonchev–Trinajstić information content (AvgIpc) is 2.04. The van der Waals surface area contributed by atoms with E-state index in [1.54, 1.807) is 6.92 Å². The molecule has 0 aromatic carbocycles. The zero-order chi connectivity index (χ0) is 9.56. The number of likely N-dealkylation sites (N-methyl/N-ethyl adjacent to an activating group) is 1. The van der Waals surface area contributed by atoms with Gasteiger partial charge >= 0.3 is 5.97 Å². The van der Waals surface area contributed by atoms with Crippen LogP contribution in [0.3, 0.4) is 0 Å². The third-order valence-corrected chi connectivity index (χ3v) is 1.46. The molecule has 0 spiro atoms. The molecule has 0 radical (unpaired) electrons. The number of carbonyl (C=O) groups excluding carboxylic acids is 1. The monoisotopic (exact) mass is 171 g/mol. The number of carboxylic acids is 1. The van der Waals surface area contributed by atoms with E-state index in [0.29, 0.717) is 6.54 Å². The van der Waals surface area contributed by atoms with E-state index in [0.717, 1.165) is 0 Å². The minimum atomic E-state index is -0.898. The van der Waals surface area contributed by atoms with E-state index >= 15 is 0 Å². The van der Waals surface area contributed by atoms with E-state index in [1.807, 2.05) is 0 Å². The maximum absolute atomic E-state index is 11.0. The van der Waals surface area contributed by atoms with E-state index in [1.165, 1.54) is 11.0 Å². The van der Waals surface area contributed by atoms with Crippen LogP contribution in [0.1, 0.15) is 13.3 Å². The maximum atomic E-state index is 11.0. The lowest BCUT2D eigenvalue weighted by atomic mass is 10.3. The van der Waals surface area contributed by atoms with Gasteiger partial charge in [-0.3, -0.25) is 9.59 Å². The van der Waals surface area contributed by atoms with Crippen molar-refractivity contribution in [3.05, 3.63) is 12.7 Å². The van der Waals surface area contributed by atoms with Gasteiger partial charge in [0.2, 0.25) is 5.91 Å². The molecule has 0 aliphatic heterocycles. The minimum Gasteiger partial charge on any atom is -0.481 e. The first kappa shape index (κ1) is 10.7. The molecule has 0 saturated heterocycles. The van der Waals surface area contributed by atoms with Crippen molar-refractivity contribution >= 4 is 11.9 Å². The summed E-state index contributed by atoms with van der Waals surface area (Å²) in [7, 11) is 0. The molecule has 0 fully saturated rings. The molecule has 1 amide bonds. The number of amides is 1. The van der Waals surface area contributed by atoms with Gasteiger partial charge in [-0.15, -0.1) is 0 Å². The highest BCUT2D eigenvalue weighted by atomic mass is 16.4. The number of nitrogens with zero attached hydrogens (tertiary/aromatic N) is 1. The highest BCUT2D eigenvalue weighted by Crippen LogP contribution is 1.93. The van der Waals surface area contributed by atoms with Gasteiger partial charge in [0.1, 0.15) is 0 Å². The Bertz CT molecular complexity index is 189. The lowest BCUT2D eigenvalue weighted by Crippen LogP contribution is -2.31. The Labute approximate surface area is 71.5 Å². The number of aliphatic carboxylic acids is 1. The highest BCUT2D eigenvalue weighted by Gasteiger charge is 2.08. The van der Waals surface area contributed by atoms with Crippen LogP contribution >= 0.6 is 0 Å². The molecule has 0 rings (SSSR count). The van der Waals surface area contributed by atoms with Crippen molar-refractivity contribution in [3.63, 3.8) is 0 Å². The zero-order valence-corrected chi connectivity index (χ0v) is 7.12. The number of hydrogen-bond acceptors (Lipinski definition) is 2. The molecular formula is C8H13NO3. The van der Waals surface area contributed by atoms with Gasteiger partial charge in [0.25, 0.3) is 0 Å². The van der Waals surface area contributed by atoms with Crippen LogP contribution in [0.4, 0.5) is 0 Å². The first-order valence-electron chi connectivity index (χ1n) is 3.75. The molecule has 0 heterocycles. The van der Waals surface area contributed by atoms with Crippen LogP contribution in [0.25, 0.3) is 0 Å². The zero-order valence-electron chi connectivity index (χ0n) is 7.12. The smallest absolute Gasteiger partial charge is 0.305 e. The molecule has 0 bridgehead atoms. The van der Waals surface area contributed by atoms with E-state index < -0.39 is 5.97 Å². The lowest BCUT2D eigenvalue weighted by molar-refractivity contribution is -0.137. The molecule has 4 nitrogen and oxygen atoms in total. The van der Waals surface area contributed by atoms with Gasteiger partial charge in [-0.2, -0.15) is 0 Å². The van der Waals surface area contributed by atoms with Crippen molar-refractivity contribution in [3.8, 4) is 0 Å². The summed E-state index contributed by atoms with van der Waals surface area (Å²) in [6.45, 7) is 5.87. The Kier molecular flexibility index (Phi) is 4.76. The normalized spacial score (nSPS) is 9.08. The third kappa shape index (κ3) is 3.75. The van der Waals surface area contributed by atoms with E-state index in [2.05, 4.69) is 6.58 Å². The number of carbonyl (C=O) groups is 2. The molecule has 1 N–H and O–H groups in total. The predicted molar refractivity (Wildman–Crippen MR) is 44.7 cm³/mol. The Morgan fingerprint density at radius 3 is 2.50 bits per heavy atom. The van der Waals surface area contributed by atoms with Crippen LogP contribution in [0.15, 0.2) is 12.7 Å². The molecule has 0 unspecified atom stereocenters. The highest BCUT2D eigenvalue weighted by molar-refractivity contribution is 5.87. The largest absolute Gasteiger partial charge is 0.481 e. The maximum Gasteiger partial charge on any atom is 0.305 e. The van der Waals surface area contributed by atoms with E-state index in [4.69, 9.17) is 5.11 Å². The summed E-state index contributed by atoms with van der Waals surface area (Å²) in [5.74, 6) is -1.12. The molecule has 68 valence electrons. The van der Waals surface area contributed by atoms with Gasteiger partial charge in [0.15, 0.2) is 0 Å². The molecule has 0 aromatic heterocycles. The standard InChI is InChI=1S/C8H13NO3/c1-3-7(10)9(4-2)6-5-8(11)12/h3H,1,4-6H2,2H3,(H,11,12). The Balaban J connectivity index is 3.91. The fourth-order valence-electron chi connectivity index (χ4n) is 0.784. The summed E-state index contributed by atoms with van der Waals surface area (Å²) < 4.78 is 0. The summed E-state index contributed by atoms with van der Waals surface area (Å²) in [6, 6.07) is 0. The van der Waals surface area contributed by atoms with Crippen LogP contribution in [0, 0.1) is 0 Å². The Morgan fingerprint density at radius 2 is 2.17 bits per heavy atom. The number of carboxylic acid groups (broad SMARTS) is 1. The van der Waals surface area contributed by atoms with Gasteiger partial charge in [-0.05, 0) is 13.0 Å². The second-order valence-electron chi connectivity index (χ2n) is 2.27. The lowest BCUT2D eigenvalue weighted by Gasteiger charge is -2.17. The van der Waals surface area contributed by atoms with Crippen LogP contribution < -0.4 is 0 Å². The molecule has 0 aliphatic rings. The summed E-state index contributed by atoms with van der Waals surface area (Å²) in [4.78, 5) is 22.6. The van der Waals surface area contributed by atoms with Crippen LogP contribution in [-0.2, 0) is 9.59 Å². The molecule has 0 atom stereocenters. The van der Waals surface area contributed by atoms with Gasteiger partial charge in [0.05, 0.1) is 6.42 Å². The van der Waals surface area contributed by atoms with Crippen LogP contribution in [0.5, 0.6) is 0 Å². The molecule has 4 heteroatoms. The first-order chi connectivity index (χ1) is 5.61. The third-order valence-electron chi connectivity index (χ3n) is 1.46. The second-order valence-corrected chi connectivity index (χ2v) is 2.27. The molecule has 0 aliphatic carbocycles. The van der Waals surface area contributed by atoms with E-state index in [9.17, 15) is 9.59 Å². The predicted octanol–water partition coefficient (Wildman–Crippen LogP) is 0.496. The second kappa shape index (κ2) is 5.35. The van der Waals surface area contributed by atoms with Gasteiger partial charge in [-0.25, -0.2) is 0 Å². The SMILES string of the molecule is C=CC(=O)N(CC)CCC(=O)O. The van der Waals surface area contributed by atoms with Gasteiger partial charge in [-0.1, -0.05) is 6.58 Å². The quantitative estimate of drug-likeness (QED) is 0.612. The fourth-order valence-corrected chi connectivity index (χ4v) is 0.784. The van der Waals surface area contributed by atoms with Gasteiger partial charge < -0.3 is 10.0 Å². The molecule has 0 aromatic rings. The summed E-state index contributed by atoms with van der Waals surface area (Å²) in [6.07, 6.45) is 1.17. The van der Waals surface area contributed by atoms with Crippen molar-refractivity contribution in [2.24, 2.45) is 0 Å².